The third-order valence-corrected chi connectivity index (χ3v) is 3.08. The van der Waals surface area contributed by atoms with E-state index in [2.05, 4.69) is 5.16 Å². The van der Waals surface area contributed by atoms with Gasteiger partial charge in [-0.15, -0.1) is 0 Å². The second-order valence-electron chi connectivity index (χ2n) is 4.53. The quantitative estimate of drug-likeness (QED) is 0.477. The lowest BCUT2D eigenvalue weighted by molar-refractivity contribution is -0.385. The molecule has 7 nitrogen and oxygen atoms in total. The molecule has 0 aliphatic heterocycles. The smallest absolute Gasteiger partial charge is 0.310 e. The number of ether oxygens (including phenoxy) is 1. The Morgan fingerprint density at radius 1 is 1.38 bits per heavy atom. The van der Waals surface area contributed by atoms with E-state index in [1.54, 1.807) is 32.0 Å². The number of hydrogen-bond acceptors (Lipinski definition) is 6. The number of nitrogens with zero attached hydrogens (tertiary/aromatic N) is 2. The fraction of sp³-hybridized carbons (Fsp3) is 0.286. The van der Waals surface area contributed by atoms with E-state index in [0.717, 1.165) is 0 Å². The van der Waals surface area contributed by atoms with Crippen molar-refractivity contribution in [3.8, 4) is 0 Å². The molecule has 0 amide bonds. The molecule has 0 radical (unpaired) electrons. The summed E-state index contributed by atoms with van der Waals surface area (Å²) in [5.41, 5.74) is 1.61. The maximum absolute atomic E-state index is 11.8. The summed E-state index contributed by atoms with van der Waals surface area (Å²) in [4.78, 5) is 22.2. The first-order chi connectivity index (χ1) is 9.99. The summed E-state index contributed by atoms with van der Waals surface area (Å²) in [6.45, 7) is 3.31. The molecule has 2 rings (SSSR count). The van der Waals surface area contributed by atoms with Gasteiger partial charge < -0.3 is 9.26 Å². The first-order valence-electron chi connectivity index (χ1n) is 6.28. The van der Waals surface area contributed by atoms with Crippen molar-refractivity contribution in [1.82, 2.24) is 5.16 Å². The fourth-order valence-electron chi connectivity index (χ4n) is 1.92. The lowest BCUT2D eigenvalue weighted by atomic mass is 10.1. The van der Waals surface area contributed by atoms with Crippen LogP contribution in [-0.4, -0.2) is 16.0 Å². The van der Waals surface area contributed by atoms with E-state index in [-0.39, 0.29) is 18.7 Å². The minimum Gasteiger partial charge on any atom is -0.460 e. The summed E-state index contributed by atoms with van der Waals surface area (Å²) in [5.74, 6) is 0.0812. The summed E-state index contributed by atoms with van der Waals surface area (Å²) in [5, 5.41) is 14.6. The number of rotatable bonds is 5. The van der Waals surface area contributed by atoms with E-state index in [1.165, 1.54) is 6.07 Å². The van der Waals surface area contributed by atoms with Crippen LogP contribution in [0.2, 0.25) is 0 Å². The molecule has 0 fully saturated rings. The molecule has 0 spiro atoms. The van der Waals surface area contributed by atoms with E-state index in [9.17, 15) is 14.9 Å². The lowest BCUT2D eigenvalue weighted by Crippen LogP contribution is -2.10. The lowest BCUT2D eigenvalue weighted by Gasteiger charge is -2.05. The SMILES string of the molecule is Cc1noc(C)c1CC(=O)OCc1ccccc1[N+](=O)[O-]. The highest BCUT2D eigenvalue weighted by molar-refractivity contribution is 5.73. The van der Waals surface area contributed by atoms with Gasteiger partial charge in [-0.1, -0.05) is 17.3 Å². The number of para-hydroxylation sites is 1. The molecular formula is C14H14N2O5. The molecule has 0 unspecified atom stereocenters. The topological polar surface area (TPSA) is 95.5 Å². The zero-order valence-electron chi connectivity index (χ0n) is 11.7. The minimum atomic E-state index is -0.503. The highest BCUT2D eigenvalue weighted by Gasteiger charge is 2.17. The number of aromatic nitrogens is 1. The second kappa shape index (κ2) is 6.17. The second-order valence-corrected chi connectivity index (χ2v) is 4.53. The van der Waals surface area contributed by atoms with Gasteiger partial charge in [0.25, 0.3) is 5.69 Å². The number of nitro benzene ring substituents is 1. The molecule has 1 aromatic heterocycles. The Morgan fingerprint density at radius 2 is 2.10 bits per heavy atom. The zero-order chi connectivity index (χ0) is 15.4. The Balaban J connectivity index is 2.01. The third-order valence-electron chi connectivity index (χ3n) is 3.08. The van der Waals surface area contributed by atoms with Crippen LogP contribution in [-0.2, 0) is 22.6 Å². The van der Waals surface area contributed by atoms with Crippen LogP contribution in [0.4, 0.5) is 5.69 Å². The summed E-state index contributed by atoms with van der Waals surface area (Å²) in [6.07, 6.45) is 0.0296. The summed E-state index contributed by atoms with van der Waals surface area (Å²) < 4.78 is 10.1. The number of esters is 1. The largest absolute Gasteiger partial charge is 0.460 e. The Hall–Kier alpha value is -2.70. The van der Waals surface area contributed by atoms with Crippen LogP contribution in [0.1, 0.15) is 22.6 Å². The van der Waals surface area contributed by atoms with Crippen molar-refractivity contribution in [2.24, 2.45) is 0 Å². The van der Waals surface area contributed by atoms with Crippen molar-refractivity contribution in [2.45, 2.75) is 26.9 Å². The molecule has 0 aliphatic rings. The normalized spacial score (nSPS) is 10.4. The monoisotopic (exact) mass is 290 g/mol. The van der Waals surface area contributed by atoms with E-state index >= 15 is 0 Å². The van der Waals surface area contributed by atoms with Crippen molar-refractivity contribution < 1.29 is 19.0 Å². The summed E-state index contributed by atoms with van der Waals surface area (Å²) >= 11 is 0. The first-order valence-corrected chi connectivity index (χ1v) is 6.28. The number of carbonyl (C=O) groups excluding carboxylic acids is 1. The average Bonchev–Trinajstić information content (AvgIpc) is 2.77. The highest BCUT2D eigenvalue weighted by atomic mass is 16.6. The van der Waals surface area contributed by atoms with Gasteiger partial charge in [0.2, 0.25) is 0 Å². The van der Waals surface area contributed by atoms with Crippen molar-refractivity contribution >= 4 is 11.7 Å². The van der Waals surface area contributed by atoms with Crippen molar-refractivity contribution in [3.05, 3.63) is 57.0 Å². The van der Waals surface area contributed by atoms with E-state index < -0.39 is 10.9 Å². The zero-order valence-corrected chi connectivity index (χ0v) is 11.7. The number of carbonyl (C=O) groups is 1. The van der Waals surface area contributed by atoms with Gasteiger partial charge >= 0.3 is 5.97 Å². The van der Waals surface area contributed by atoms with Crippen molar-refractivity contribution in [2.75, 3.05) is 0 Å². The van der Waals surface area contributed by atoms with Gasteiger partial charge in [-0.2, -0.15) is 0 Å². The molecule has 0 saturated heterocycles. The van der Waals surface area contributed by atoms with Crippen LogP contribution < -0.4 is 0 Å². The number of hydrogen-bond donors (Lipinski definition) is 0. The third kappa shape index (κ3) is 3.44. The van der Waals surface area contributed by atoms with Crippen LogP contribution in [0.25, 0.3) is 0 Å². The molecule has 2 aromatic rings. The van der Waals surface area contributed by atoms with E-state index in [0.29, 0.717) is 22.6 Å². The molecule has 21 heavy (non-hydrogen) atoms. The average molecular weight is 290 g/mol. The maximum Gasteiger partial charge on any atom is 0.310 e. The molecule has 0 aliphatic carbocycles. The van der Waals surface area contributed by atoms with Gasteiger partial charge in [-0.3, -0.25) is 14.9 Å². The summed E-state index contributed by atoms with van der Waals surface area (Å²) in [7, 11) is 0. The molecule has 7 heteroatoms. The van der Waals surface area contributed by atoms with Crippen molar-refractivity contribution in [1.29, 1.82) is 0 Å². The Morgan fingerprint density at radius 3 is 2.71 bits per heavy atom. The predicted molar refractivity (Wildman–Crippen MR) is 72.6 cm³/mol. The number of nitro groups is 1. The molecule has 1 heterocycles. The fourth-order valence-corrected chi connectivity index (χ4v) is 1.92. The maximum atomic E-state index is 11.8. The molecule has 0 bridgehead atoms. The van der Waals surface area contributed by atoms with Crippen molar-refractivity contribution in [3.63, 3.8) is 0 Å². The molecule has 0 saturated carbocycles. The molecule has 0 atom stereocenters. The minimum absolute atomic E-state index is 0.0296. The Labute approximate surface area is 120 Å². The first kappa shape index (κ1) is 14.7. The van der Waals surface area contributed by atoms with Crippen LogP contribution >= 0.6 is 0 Å². The van der Waals surface area contributed by atoms with Gasteiger partial charge in [0.05, 0.1) is 22.6 Å². The van der Waals surface area contributed by atoms with Gasteiger partial charge in [0.15, 0.2) is 0 Å². The standard InChI is InChI=1S/C14H14N2O5/c1-9-12(10(2)21-15-9)7-14(17)20-8-11-5-3-4-6-13(11)16(18)19/h3-6H,7-8H2,1-2H3. The van der Waals surface area contributed by atoms with Gasteiger partial charge in [0.1, 0.15) is 12.4 Å². The molecule has 110 valence electrons. The van der Waals surface area contributed by atoms with Crippen LogP contribution in [0.15, 0.2) is 28.8 Å². The van der Waals surface area contributed by atoms with Crippen LogP contribution in [0.3, 0.4) is 0 Å². The molecule has 0 N–H and O–H groups in total. The predicted octanol–water partition coefficient (Wildman–Crippen LogP) is 2.49. The number of aryl methyl sites for hydroxylation is 2. The van der Waals surface area contributed by atoms with E-state index in [4.69, 9.17) is 9.26 Å². The Bertz CT molecular complexity index is 658. The Kier molecular flexibility index (Phi) is 4.32. The van der Waals surface area contributed by atoms with Gasteiger partial charge in [-0.25, -0.2) is 0 Å². The van der Waals surface area contributed by atoms with Gasteiger partial charge in [0, 0.05) is 11.6 Å². The highest BCUT2D eigenvalue weighted by Crippen LogP contribution is 2.19. The van der Waals surface area contributed by atoms with E-state index in [1.807, 2.05) is 0 Å². The van der Waals surface area contributed by atoms with Crippen LogP contribution in [0, 0.1) is 24.0 Å². The summed E-state index contributed by atoms with van der Waals surface area (Å²) in [6, 6.07) is 6.15. The van der Waals surface area contributed by atoms with Crippen LogP contribution in [0.5, 0.6) is 0 Å². The molecule has 1 aromatic carbocycles. The van der Waals surface area contributed by atoms with Gasteiger partial charge in [-0.05, 0) is 19.9 Å². The molecular weight excluding hydrogens is 276 g/mol. The number of benzene rings is 1.